The van der Waals surface area contributed by atoms with Crippen LogP contribution >= 0.6 is 34.7 Å². The molecule has 0 saturated heterocycles. The number of anilines is 1. The summed E-state index contributed by atoms with van der Waals surface area (Å²) in [6.45, 7) is 1.97. The third-order valence-electron chi connectivity index (χ3n) is 4.64. The lowest BCUT2D eigenvalue weighted by atomic mass is 10.0. The number of fused-ring (bicyclic) bond motifs is 1. The van der Waals surface area contributed by atoms with E-state index in [2.05, 4.69) is 10.3 Å². The number of aromatic nitrogens is 1. The van der Waals surface area contributed by atoms with Gasteiger partial charge >= 0.3 is 5.97 Å². The molecule has 0 bridgehead atoms. The number of thioether (sulfide) groups is 1. The van der Waals surface area contributed by atoms with Gasteiger partial charge in [0.1, 0.15) is 10.6 Å². The van der Waals surface area contributed by atoms with Crippen molar-refractivity contribution in [2.45, 2.75) is 11.8 Å². The molecular formula is C24H19ClN2O3S2. The quantitative estimate of drug-likeness (QED) is 0.240. The van der Waals surface area contributed by atoms with Crippen LogP contribution in [0.2, 0.25) is 5.02 Å². The summed E-state index contributed by atoms with van der Waals surface area (Å²) in [6.07, 6.45) is 1.74. The molecule has 162 valence electrons. The Labute approximate surface area is 198 Å². The van der Waals surface area contributed by atoms with Gasteiger partial charge in [-0.1, -0.05) is 48.0 Å². The maximum absolute atomic E-state index is 12.7. The van der Waals surface area contributed by atoms with Crippen molar-refractivity contribution in [2.24, 2.45) is 0 Å². The number of halogens is 1. The van der Waals surface area contributed by atoms with E-state index in [1.54, 1.807) is 19.2 Å². The molecule has 2 aromatic carbocycles. The Balaban J connectivity index is 1.56. The Kier molecular flexibility index (Phi) is 7.09. The molecule has 2 aromatic heterocycles. The average Bonchev–Trinajstić information content (AvgIpc) is 3.21. The van der Waals surface area contributed by atoms with E-state index in [0.29, 0.717) is 26.7 Å². The SMILES string of the molecule is CCOC(=O)c1c(-c2ccccc2Cl)csc1NC(=O)CSc1cccc2cccnc12. The molecule has 32 heavy (non-hydrogen) atoms. The van der Waals surface area contributed by atoms with Crippen molar-refractivity contribution in [1.82, 2.24) is 4.98 Å². The van der Waals surface area contributed by atoms with Crippen LogP contribution in [0.25, 0.3) is 22.0 Å². The lowest BCUT2D eigenvalue weighted by Crippen LogP contribution is -2.16. The van der Waals surface area contributed by atoms with Gasteiger partial charge in [-0.25, -0.2) is 4.79 Å². The standard InChI is InChI=1S/C24H19ClN2O3S2/c1-2-30-24(29)21-17(16-9-3-4-10-18(16)25)13-32-23(21)27-20(28)14-31-19-11-5-7-15-8-6-12-26-22(15)19/h3-13H,2,14H2,1H3,(H,27,28). The number of thiophene rings is 1. The monoisotopic (exact) mass is 482 g/mol. The topological polar surface area (TPSA) is 68.3 Å². The molecule has 0 fully saturated rings. The first kappa shape index (κ1) is 22.3. The number of esters is 1. The molecule has 1 amide bonds. The minimum absolute atomic E-state index is 0.178. The van der Waals surface area contributed by atoms with Gasteiger partial charge in [0.05, 0.1) is 17.9 Å². The number of para-hydroxylation sites is 1. The number of nitrogens with one attached hydrogen (secondary N) is 1. The smallest absolute Gasteiger partial charge is 0.341 e. The first-order valence-electron chi connectivity index (χ1n) is 9.88. The Hall–Kier alpha value is -2.87. The second-order valence-corrected chi connectivity index (χ2v) is 9.03. The van der Waals surface area contributed by atoms with E-state index in [0.717, 1.165) is 15.8 Å². The fraction of sp³-hybridized carbons (Fsp3) is 0.125. The molecule has 0 spiro atoms. The molecule has 0 saturated carbocycles. The van der Waals surface area contributed by atoms with Gasteiger partial charge < -0.3 is 10.1 Å². The van der Waals surface area contributed by atoms with E-state index in [1.807, 2.05) is 53.9 Å². The van der Waals surface area contributed by atoms with E-state index >= 15 is 0 Å². The molecule has 0 aliphatic carbocycles. The first-order chi connectivity index (χ1) is 15.6. The van der Waals surface area contributed by atoms with Crippen molar-refractivity contribution in [1.29, 1.82) is 0 Å². The second kappa shape index (κ2) is 10.2. The fourth-order valence-corrected chi connectivity index (χ4v) is 5.28. The number of pyridine rings is 1. The highest BCUT2D eigenvalue weighted by atomic mass is 35.5. The lowest BCUT2D eigenvalue weighted by Gasteiger charge is -2.10. The summed E-state index contributed by atoms with van der Waals surface area (Å²) < 4.78 is 5.25. The summed E-state index contributed by atoms with van der Waals surface area (Å²) in [6, 6.07) is 17.0. The highest BCUT2D eigenvalue weighted by Gasteiger charge is 2.24. The summed E-state index contributed by atoms with van der Waals surface area (Å²) in [5, 5.41) is 6.67. The highest BCUT2D eigenvalue weighted by molar-refractivity contribution is 8.00. The zero-order valence-electron chi connectivity index (χ0n) is 17.1. The van der Waals surface area contributed by atoms with E-state index in [1.165, 1.54) is 23.1 Å². The van der Waals surface area contributed by atoms with Crippen LogP contribution in [-0.4, -0.2) is 29.2 Å². The van der Waals surface area contributed by atoms with Gasteiger partial charge in [0, 0.05) is 38.0 Å². The normalized spacial score (nSPS) is 10.8. The molecule has 2 heterocycles. The van der Waals surface area contributed by atoms with Gasteiger partial charge in [0.2, 0.25) is 5.91 Å². The lowest BCUT2D eigenvalue weighted by molar-refractivity contribution is -0.113. The number of benzene rings is 2. The summed E-state index contributed by atoms with van der Waals surface area (Å²) in [5.41, 5.74) is 2.53. The van der Waals surface area contributed by atoms with Crippen molar-refractivity contribution in [2.75, 3.05) is 17.7 Å². The zero-order valence-corrected chi connectivity index (χ0v) is 19.5. The minimum Gasteiger partial charge on any atom is -0.462 e. The second-order valence-electron chi connectivity index (χ2n) is 6.72. The van der Waals surface area contributed by atoms with Crippen molar-refractivity contribution in [3.63, 3.8) is 0 Å². The van der Waals surface area contributed by atoms with Gasteiger partial charge in [0.25, 0.3) is 0 Å². The number of ether oxygens (including phenoxy) is 1. The number of amides is 1. The fourth-order valence-electron chi connectivity index (χ4n) is 3.23. The van der Waals surface area contributed by atoms with Crippen LogP contribution in [-0.2, 0) is 9.53 Å². The molecule has 4 aromatic rings. The van der Waals surface area contributed by atoms with Crippen LogP contribution in [0.5, 0.6) is 0 Å². The van der Waals surface area contributed by atoms with Gasteiger partial charge in [-0.05, 0) is 25.1 Å². The molecule has 8 heteroatoms. The Bertz CT molecular complexity index is 1280. The van der Waals surface area contributed by atoms with E-state index < -0.39 is 5.97 Å². The van der Waals surface area contributed by atoms with Crippen LogP contribution < -0.4 is 5.32 Å². The molecular weight excluding hydrogens is 464 g/mol. The predicted molar refractivity (Wildman–Crippen MR) is 132 cm³/mol. The van der Waals surface area contributed by atoms with Crippen LogP contribution in [0.15, 0.2) is 71.1 Å². The zero-order chi connectivity index (χ0) is 22.5. The summed E-state index contributed by atoms with van der Waals surface area (Å²) >= 11 is 9.02. The first-order valence-corrected chi connectivity index (χ1v) is 12.1. The number of carbonyl (C=O) groups excluding carboxylic acids is 2. The average molecular weight is 483 g/mol. The number of hydrogen-bond acceptors (Lipinski definition) is 6. The summed E-state index contributed by atoms with van der Waals surface area (Å²) in [5.74, 6) is -0.539. The van der Waals surface area contributed by atoms with Crippen LogP contribution in [0, 0.1) is 0 Å². The van der Waals surface area contributed by atoms with E-state index in [9.17, 15) is 9.59 Å². The predicted octanol–water partition coefficient (Wildman–Crippen LogP) is 6.52. The van der Waals surface area contributed by atoms with Gasteiger partial charge in [0.15, 0.2) is 0 Å². The van der Waals surface area contributed by atoms with Crippen molar-refractivity contribution >= 4 is 62.5 Å². The molecule has 0 radical (unpaired) electrons. The minimum atomic E-state index is -0.495. The largest absolute Gasteiger partial charge is 0.462 e. The van der Waals surface area contributed by atoms with Gasteiger partial charge in [-0.2, -0.15) is 0 Å². The third kappa shape index (κ3) is 4.80. The third-order valence-corrected chi connectivity index (χ3v) is 6.91. The molecule has 5 nitrogen and oxygen atoms in total. The Morgan fingerprint density at radius 1 is 1.09 bits per heavy atom. The Morgan fingerprint density at radius 2 is 1.91 bits per heavy atom. The molecule has 0 unspecified atom stereocenters. The van der Waals surface area contributed by atoms with Crippen LogP contribution in [0.4, 0.5) is 5.00 Å². The summed E-state index contributed by atoms with van der Waals surface area (Å²) in [7, 11) is 0. The molecule has 4 rings (SSSR count). The maximum Gasteiger partial charge on any atom is 0.341 e. The molecule has 0 aliphatic heterocycles. The summed E-state index contributed by atoms with van der Waals surface area (Å²) in [4.78, 5) is 30.8. The molecule has 0 aliphatic rings. The van der Waals surface area contributed by atoms with Crippen molar-refractivity contribution in [3.05, 3.63) is 76.8 Å². The Morgan fingerprint density at radius 3 is 2.72 bits per heavy atom. The van der Waals surface area contributed by atoms with Gasteiger partial charge in [-0.15, -0.1) is 23.1 Å². The van der Waals surface area contributed by atoms with Gasteiger partial charge in [-0.3, -0.25) is 9.78 Å². The number of carbonyl (C=O) groups is 2. The molecule has 0 atom stereocenters. The number of rotatable bonds is 7. The van der Waals surface area contributed by atoms with E-state index in [4.69, 9.17) is 16.3 Å². The number of nitrogens with zero attached hydrogens (tertiary/aromatic N) is 1. The number of hydrogen-bond donors (Lipinski definition) is 1. The van der Waals surface area contributed by atoms with Crippen molar-refractivity contribution < 1.29 is 14.3 Å². The maximum atomic E-state index is 12.7. The highest BCUT2D eigenvalue weighted by Crippen LogP contribution is 2.39. The van der Waals surface area contributed by atoms with E-state index in [-0.39, 0.29) is 18.3 Å². The van der Waals surface area contributed by atoms with Crippen LogP contribution in [0.3, 0.4) is 0 Å². The molecule has 1 N–H and O–H groups in total. The van der Waals surface area contributed by atoms with Crippen LogP contribution in [0.1, 0.15) is 17.3 Å². The van der Waals surface area contributed by atoms with Crippen molar-refractivity contribution in [3.8, 4) is 11.1 Å².